The molecule has 7 heteroatoms. The van der Waals surface area contributed by atoms with E-state index in [1.807, 2.05) is 0 Å². The molecule has 2 aromatic rings. The summed E-state index contributed by atoms with van der Waals surface area (Å²) in [5.41, 5.74) is 3.17. The van der Waals surface area contributed by atoms with Gasteiger partial charge in [0.25, 0.3) is 0 Å². The summed E-state index contributed by atoms with van der Waals surface area (Å²) in [6.45, 7) is 0. The van der Waals surface area contributed by atoms with E-state index < -0.39 is 0 Å². The average Bonchev–Trinajstić information content (AvgIpc) is 3.27. The van der Waals surface area contributed by atoms with Crippen molar-refractivity contribution in [1.82, 2.24) is 9.97 Å². The highest BCUT2D eigenvalue weighted by Crippen LogP contribution is 2.39. The molecule has 1 saturated carbocycles. The summed E-state index contributed by atoms with van der Waals surface area (Å²) in [6.07, 6.45) is 2.22. The molecule has 0 amide bonds. The third-order valence-electron chi connectivity index (χ3n) is 3.05. The molecule has 1 heterocycles. The Kier molecular flexibility index (Phi) is 3.65. The molecular weight excluding hydrogens is 297 g/mol. The maximum atomic E-state index is 6.14. The normalized spacial score (nSPS) is 14.2. The fraction of sp³-hybridized carbons (Fsp3) is 0.231. The summed E-state index contributed by atoms with van der Waals surface area (Å²) >= 11 is 12.3. The molecule has 4 N–H and O–H groups in total. The lowest BCUT2D eigenvalue weighted by atomic mass is 10.3. The van der Waals surface area contributed by atoms with Gasteiger partial charge in [-0.25, -0.2) is 15.8 Å². The predicted octanol–water partition coefficient (Wildman–Crippen LogP) is 3.69. The molecule has 1 aromatic heterocycles. The summed E-state index contributed by atoms with van der Waals surface area (Å²) in [7, 11) is 0. The maximum Gasteiger partial charge on any atom is 0.145 e. The number of halogens is 2. The molecule has 0 saturated heterocycles. The van der Waals surface area contributed by atoms with Gasteiger partial charge in [0.1, 0.15) is 17.5 Å². The Labute approximate surface area is 126 Å². The molecule has 3 rings (SSSR count). The summed E-state index contributed by atoms with van der Waals surface area (Å²) in [4.78, 5) is 8.83. The second-order valence-corrected chi connectivity index (χ2v) is 5.45. The summed E-state index contributed by atoms with van der Waals surface area (Å²) < 4.78 is 0. The quantitative estimate of drug-likeness (QED) is 0.593. The fourth-order valence-corrected chi connectivity index (χ4v) is 2.37. The maximum absolute atomic E-state index is 6.14. The Balaban J connectivity index is 1.95. The van der Waals surface area contributed by atoms with Crippen molar-refractivity contribution in [2.45, 2.75) is 18.8 Å². The number of rotatable bonds is 4. The van der Waals surface area contributed by atoms with Crippen LogP contribution in [0, 0.1) is 0 Å². The standard InChI is InChI=1S/C13H13Cl2N5/c14-8-2-1-3-9(15)12(8)17-10-6-11(20-16)19-13(18-10)7-4-5-7/h1-3,6-7H,4-5,16H2,(H2,17,18,19,20). The number of hydrazine groups is 1. The molecule has 5 nitrogen and oxygen atoms in total. The number of aromatic nitrogens is 2. The first-order valence-electron chi connectivity index (χ1n) is 6.24. The van der Waals surface area contributed by atoms with Gasteiger partial charge in [0.05, 0.1) is 15.7 Å². The third kappa shape index (κ3) is 2.80. The van der Waals surface area contributed by atoms with Crippen molar-refractivity contribution in [2.24, 2.45) is 5.84 Å². The van der Waals surface area contributed by atoms with Crippen molar-refractivity contribution >= 4 is 40.5 Å². The van der Waals surface area contributed by atoms with Crippen LogP contribution in [0.1, 0.15) is 24.6 Å². The van der Waals surface area contributed by atoms with E-state index in [4.69, 9.17) is 29.0 Å². The number of nitrogen functional groups attached to an aromatic ring is 1. The zero-order valence-electron chi connectivity index (χ0n) is 10.5. The minimum Gasteiger partial charge on any atom is -0.338 e. The van der Waals surface area contributed by atoms with E-state index in [1.54, 1.807) is 24.3 Å². The number of para-hydroxylation sites is 1. The minimum atomic E-state index is 0.422. The molecule has 0 unspecified atom stereocenters. The number of hydrogen-bond acceptors (Lipinski definition) is 5. The van der Waals surface area contributed by atoms with Crippen LogP contribution in [0.4, 0.5) is 17.3 Å². The number of nitrogens with one attached hydrogen (secondary N) is 2. The van der Waals surface area contributed by atoms with E-state index in [0.717, 1.165) is 18.7 Å². The van der Waals surface area contributed by atoms with Crippen LogP contribution >= 0.6 is 23.2 Å². The van der Waals surface area contributed by atoms with Crippen LogP contribution in [0.2, 0.25) is 10.0 Å². The van der Waals surface area contributed by atoms with E-state index in [2.05, 4.69) is 20.7 Å². The first-order chi connectivity index (χ1) is 9.67. The zero-order chi connectivity index (χ0) is 14.1. The van der Waals surface area contributed by atoms with Gasteiger partial charge in [0.15, 0.2) is 0 Å². The van der Waals surface area contributed by atoms with Crippen LogP contribution in [-0.2, 0) is 0 Å². The lowest BCUT2D eigenvalue weighted by Crippen LogP contribution is -2.11. The van der Waals surface area contributed by atoms with Crippen LogP contribution in [0.25, 0.3) is 0 Å². The smallest absolute Gasteiger partial charge is 0.145 e. The number of nitrogens with two attached hydrogens (primary N) is 1. The Bertz CT molecular complexity index is 622. The van der Waals surface area contributed by atoms with Crippen LogP contribution in [0.3, 0.4) is 0 Å². The Morgan fingerprint density at radius 1 is 1.10 bits per heavy atom. The molecule has 20 heavy (non-hydrogen) atoms. The fourth-order valence-electron chi connectivity index (χ4n) is 1.87. The molecule has 104 valence electrons. The Hall–Kier alpha value is -1.56. The van der Waals surface area contributed by atoms with Gasteiger partial charge in [-0.3, -0.25) is 0 Å². The number of hydrogen-bond donors (Lipinski definition) is 3. The highest BCUT2D eigenvalue weighted by atomic mass is 35.5. The first kappa shape index (κ1) is 13.4. The van der Waals surface area contributed by atoms with E-state index in [0.29, 0.717) is 33.3 Å². The molecule has 1 aliphatic carbocycles. The summed E-state index contributed by atoms with van der Waals surface area (Å²) in [6, 6.07) is 7.03. The summed E-state index contributed by atoms with van der Waals surface area (Å²) in [5.74, 6) is 7.82. The average molecular weight is 310 g/mol. The molecule has 1 aliphatic rings. The zero-order valence-corrected chi connectivity index (χ0v) is 12.0. The molecule has 0 radical (unpaired) electrons. The van der Waals surface area contributed by atoms with E-state index in [1.165, 1.54) is 0 Å². The van der Waals surface area contributed by atoms with Crippen LogP contribution in [0.15, 0.2) is 24.3 Å². The minimum absolute atomic E-state index is 0.422. The van der Waals surface area contributed by atoms with Gasteiger partial charge in [0, 0.05) is 12.0 Å². The largest absolute Gasteiger partial charge is 0.338 e. The highest BCUT2D eigenvalue weighted by molar-refractivity contribution is 6.39. The SMILES string of the molecule is NNc1cc(Nc2c(Cl)cccc2Cl)nc(C2CC2)n1. The van der Waals surface area contributed by atoms with Gasteiger partial charge < -0.3 is 10.7 Å². The number of anilines is 3. The number of nitrogens with zero attached hydrogens (tertiary/aromatic N) is 2. The Morgan fingerprint density at radius 2 is 1.75 bits per heavy atom. The predicted molar refractivity (Wildman–Crippen MR) is 81.6 cm³/mol. The molecule has 0 atom stereocenters. The van der Waals surface area contributed by atoms with Gasteiger partial charge in [-0.2, -0.15) is 0 Å². The molecule has 1 aromatic carbocycles. The molecule has 0 spiro atoms. The van der Waals surface area contributed by atoms with Gasteiger partial charge in [-0.15, -0.1) is 0 Å². The van der Waals surface area contributed by atoms with Crippen LogP contribution < -0.4 is 16.6 Å². The van der Waals surface area contributed by atoms with Crippen molar-refractivity contribution in [3.63, 3.8) is 0 Å². The van der Waals surface area contributed by atoms with Crippen molar-refractivity contribution in [1.29, 1.82) is 0 Å². The second kappa shape index (κ2) is 5.44. The van der Waals surface area contributed by atoms with Crippen molar-refractivity contribution in [2.75, 3.05) is 10.7 Å². The topological polar surface area (TPSA) is 75.9 Å². The second-order valence-electron chi connectivity index (χ2n) is 4.64. The molecule has 0 aliphatic heterocycles. The van der Waals surface area contributed by atoms with Crippen LogP contribution in [-0.4, -0.2) is 9.97 Å². The first-order valence-corrected chi connectivity index (χ1v) is 6.99. The molecular formula is C13H13Cl2N5. The van der Waals surface area contributed by atoms with Gasteiger partial charge >= 0.3 is 0 Å². The molecule has 1 fully saturated rings. The third-order valence-corrected chi connectivity index (χ3v) is 3.68. The number of benzene rings is 1. The van der Waals surface area contributed by atoms with Gasteiger partial charge in [0.2, 0.25) is 0 Å². The van der Waals surface area contributed by atoms with E-state index in [-0.39, 0.29) is 0 Å². The van der Waals surface area contributed by atoms with Gasteiger partial charge in [-0.05, 0) is 25.0 Å². The van der Waals surface area contributed by atoms with Crippen molar-refractivity contribution in [3.8, 4) is 0 Å². The van der Waals surface area contributed by atoms with Crippen LogP contribution in [0.5, 0.6) is 0 Å². The monoisotopic (exact) mass is 309 g/mol. The highest BCUT2D eigenvalue weighted by Gasteiger charge is 2.27. The van der Waals surface area contributed by atoms with Gasteiger partial charge in [-0.1, -0.05) is 29.3 Å². The van der Waals surface area contributed by atoms with Crippen molar-refractivity contribution in [3.05, 3.63) is 40.1 Å². The summed E-state index contributed by atoms with van der Waals surface area (Å²) in [5, 5.41) is 4.19. The lowest BCUT2D eigenvalue weighted by Gasteiger charge is -2.11. The molecule has 0 bridgehead atoms. The van der Waals surface area contributed by atoms with E-state index >= 15 is 0 Å². The van der Waals surface area contributed by atoms with E-state index in [9.17, 15) is 0 Å². The Morgan fingerprint density at radius 3 is 2.35 bits per heavy atom. The van der Waals surface area contributed by atoms with Crippen molar-refractivity contribution < 1.29 is 0 Å². The lowest BCUT2D eigenvalue weighted by molar-refractivity contribution is 0.929.